The summed E-state index contributed by atoms with van der Waals surface area (Å²) in [5.41, 5.74) is 0. The third-order valence-electron chi connectivity index (χ3n) is 3.24. The standard InChI is InChI=1S/C11H13Br2ClS/c1-6-3-2-4-7(6)10(13)9-5-8(12)11(14)15-9/h5-7,10H,2-4H2,1H3. The summed E-state index contributed by atoms with van der Waals surface area (Å²) in [6.07, 6.45) is 4.07. The van der Waals surface area contributed by atoms with Crippen LogP contribution in [0.3, 0.4) is 0 Å². The van der Waals surface area contributed by atoms with Gasteiger partial charge in [0.1, 0.15) is 4.34 Å². The SMILES string of the molecule is CC1CCCC1C(Br)c1cc(Br)c(Cl)s1. The Kier molecular flexibility index (Phi) is 4.20. The maximum Gasteiger partial charge on any atom is 0.107 e. The molecular formula is C11H13Br2ClS. The minimum atomic E-state index is 0.476. The molecule has 0 aromatic carbocycles. The molecule has 1 aromatic heterocycles. The molecule has 1 saturated carbocycles. The molecule has 1 aliphatic rings. The average Bonchev–Trinajstić information content (AvgIpc) is 2.74. The van der Waals surface area contributed by atoms with Gasteiger partial charge < -0.3 is 0 Å². The van der Waals surface area contributed by atoms with Crippen molar-refractivity contribution >= 4 is 54.8 Å². The molecule has 1 heterocycles. The van der Waals surface area contributed by atoms with Crippen LogP contribution in [0.25, 0.3) is 0 Å². The molecule has 3 atom stereocenters. The van der Waals surface area contributed by atoms with Crippen molar-refractivity contribution in [3.63, 3.8) is 0 Å². The van der Waals surface area contributed by atoms with E-state index in [0.29, 0.717) is 4.83 Å². The molecule has 0 nitrogen and oxygen atoms in total. The molecule has 3 unspecified atom stereocenters. The monoisotopic (exact) mass is 370 g/mol. The van der Waals surface area contributed by atoms with Crippen molar-refractivity contribution in [3.8, 4) is 0 Å². The van der Waals surface area contributed by atoms with Crippen LogP contribution < -0.4 is 0 Å². The summed E-state index contributed by atoms with van der Waals surface area (Å²) in [6, 6.07) is 2.15. The molecule has 4 heteroatoms. The minimum Gasteiger partial charge on any atom is -0.126 e. The first-order chi connectivity index (χ1) is 7.09. The third-order valence-corrected chi connectivity index (χ3v) is 7.27. The number of hydrogen-bond acceptors (Lipinski definition) is 1. The lowest BCUT2D eigenvalue weighted by molar-refractivity contribution is 0.417. The molecule has 15 heavy (non-hydrogen) atoms. The molecular weight excluding hydrogens is 359 g/mol. The summed E-state index contributed by atoms with van der Waals surface area (Å²) in [5, 5.41) is 0. The summed E-state index contributed by atoms with van der Waals surface area (Å²) in [6.45, 7) is 2.36. The van der Waals surface area contributed by atoms with Crippen LogP contribution in [0.1, 0.15) is 35.9 Å². The number of thiophene rings is 1. The lowest BCUT2D eigenvalue weighted by Gasteiger charge is -2.20. The molecule has 0 N–H and O–H groups in total. The lowest BCUT2D eigenvalue weighted by Crippen LogP contribution is -2.09. The zero-order valence-electron chi connectivity index (χ0n) is 8.47. The second-order valence-electron chi connectivity index (χ2n) is 4.24. The van der Waals surface area contributed by atoms with E-state index < -0.39 is 0 Å². The normalized spacial score (nSPS) is 28.3. The average molecular weight is 373 g/mol. The van der Waals surface area contributed by atoms with Gasteiger partial charge in [-0.2, -0.15) is 0 Å². The fraction of sp³-hybridized carbons (Fsp3) is 0.636. The van der Waals surface area contributed by atoms with Gasteiger partial charge in [0, 0.05) is 9.35 Å². The van der Waals surface area contributed by atoms with Gasteiger partial charge in [-0.1, -0.05) is 47.3 Å². The largest absolute Gasteiger partial charge is 0.126 e. The molecule has 1 fully saturated rings. The van der Waals surface area contributed by atoms with E-state index in [9.17, 15) is 0 Å². The van der Waals surface area contributed by atoms with Crippen LogP contribution in [0.4, 0.5) is 0 Å². The van der Waals surface area contributed by atoms with Gasteiger partial charge in [-0.25, -0.2) is 0 Å². The van der Waals surface area contributed by atoms with Gasteiger partial charge in [0.2, 0.25) is 0 Å². The zero-order chi connectivity index (χ0) is 11.0. The second-order valence-corrected chi connectivity index (χ2v) is 7.77. The Morgan fingerprint density at radius 3 is 2.73 bits per heavy atom. The first kappa shape index (κ1) is 12.4. The number of rotatable bonds is 2. The van der Waals surface area contributed by atoms with Crippen LogP contribution in [-0.2, 0) is 0 Å². The smallest absolute Gasteiger partial charge is 0.107 e. The van der Waals surface area contributed by atoms with E-state index in [1.54, 1.807) is 11.3 Å². The van der Waals surface area contributed by atoms with E-state index >= 15 is 0 Å². The van der Waals surface area contributed by atoms with Gasteiger partial charge in [0.25, 0.3) is 0 Å². The van der Waals surface area contributed by atoms with Gasteiger partial charge >= 0.3 is 0 Å². The molecule has 84 valence electrons. The molecule has 2 rings (SSSR count). The summed E-state index contributed by atoms with van der Waals surface area (Å²) in [7, 11) is 0. The van der Waals surface area contributed by atoms with E-state index in [2.05, 4.69) is 44.8 Å². The van der Waals surface area contributed by atoms with Gasteiger partial charge in [-0.05, 0) is 40.3 Å². The number of halogens is 3. The Morgan fingerprint density at radius 2 is 2.27 bits per heavy atom. The Balaban J connectivity index is 2.16. The Bertz CT molecular complexity index is 331. The summed E-state index contributed by atoms with van der Waals surface area (Å²) in [5.74, 6) is 1.60. The summed E-state index contributed by atoms with van der Waals surface area (Å²) >= 11 is 15.0. The van der Waals surface area contributed by atoms with Crippen molar-refractivity contribution in [2.45, 2.75) is 31.0 Å². The molecule has 0 aliphatic heterocycles. The highest BCUT2D eigenvalue weighted by Gasteiger charge is 2.31. The second kappa shape index (κ2) is 5.07. The predicted molar refractivity (Wildman–Crippen MR) is 75.2 cm³/mol. The van der Waals surface area contributed by atoms with E-state index in [-0.39, 0.29) is 0 Å². The van der Waals surface area contributed by atoms with Crippen molar-refractivity contribution in [2.24, 2.45) is 11.8 Å². The van der Waals surface area contributed by atoms with Gasteiger partial charge in [0.15, 0.2) is 0 Å². The van der Waals surface area contributed by atoms with Crippen molar-refractivity contribution in [3.05, 3.63) is 19.8 Å². The third kappa shape index (κ3) is 2.62. The number of alkyl halides is 1. The van der Waals surface area contributed by atoms with Crippen LogP contribution in [0, 0.1) is 11.8 Å². The quantitative estimate of drug-likeness (QED) is 0.556. The molecule has 0 saturated heterocycles. The van der Waals surface area contributed by atoms with Crippen LogP contribution in [0.2, 0.25) is 4.34 Å². The van der Waals surface area contributed by atoms with E-state index in [1.807, 2.05) is 0 Å². The van der Waals surface area contributed by atoms with Crippen LogP contribution in [-0.4, -0.2) is 0 Å². The maximum absolute atomic E-state index is 6.07. The molecule has 1 aromatic rings. The van der Waals surface area contributed by atoms with Gasteiger partial charge in [-0.15, -0.1) is 11.3 Å². The van der Waals surface area contributed by atoms with Gasteiger partial charge in [-0.3, -0.25) is 0 Å². The highest BCUT2D eigenvalue weighted by molar-refractivity contribution is 9.10. The molecule has 0 bridgehead atoms. The molecule has 0 spiro atoms. The highest BCUT2D eigenvalue weighted by Crippen LogP contribution is 2.48. The molecule has 1 aliphatic carbocycles. The van der Waals surface area contributed by atoms with E-state index in [0.717, 1.165) is 20.6 Å². The Labute approximate surface area is 117 Å². The summed E-state index contributed by atoms with van der Waals surface area (Å²) in [4.78, 5) is 1.83. The van der Waals surface area contributed by atoms with Crippen molar-refractivity contribution in [2.75, 3.05) is 0 Å². The van der Waals surface area contributed by atoms with Crippen LogP contribution in [0.5, 0.6) is 0 Å². The Morgan fingerprint density at radius 1 is 1.53 bits per heavy atom. The molecule has 0 radical (unpaired) electrons. The van der Waals surface area contributed by atoms with E-state index in [4.69, 9.17) is 11.6 Å². The topological polar surface area (TPSA) is 0 Å². The first-order valence-electron chi connectivity index (χ1n) is 5.18. The fourth-order valence-corrected chi connectivity index (χ4v) is 5.31. The van der Waals surface area contributed by atoms with Crippen molar-refractivity contribution in [1.82, 2.24) is 0 Å². The Hall–Kier alpha value is 0.950. The predicted octanol–water partition coefficient (Wildman–Crippen LogP) is 6.04. The van der Waals surface area contributed by atoms with Crippen LogP contribution in [0.15, 0.2) is 10.5 Å². The van der Waals surface area contributed by atoms with Crippen molar-refractivity contribution in [1.29, 1.82) is 0 Å². The minimum absolute atomic E-state index is 0.476. The number of hydrogen-bond donors (Lipinski definition) is 0. The van der Waals surface area contributed by atoms with Gasteiger partial charge in [0.05, 0.1) is 4.83 Å². The van der Waals surface area contributed by atoms with E-state index in [1.165, 1.54) is 24.1 Å². The molecule has 0 amide bonds. The first-order valence-corrected chi connectivity index (χ1v) is 8.08. The van der Waals surface area contributed by atoms with Crippen molar-refractivity contribution < 1.29 is 0 Å². The lowest BCUT2D eigenvalue weighted by atomic mass is 9.94. The van der Waals surface area contributed by atoms with Crippen LogP contribution >= 0.6 is 54.8 Å². The summed E-state index contributed by atoms with van der Waals surface area (Å²) < 4.78 is 1.89. The zero-order valence-corrected chi connectivity index (χ0v) is 13.2. The maximum atomic E-state index is 6.07. The fourth-order valence-electron chi connectivity index (χ4n) is 2.32. The highest BCUT2D eigenvalue weighted by atomic mass is 79.9.